The van der Waals surface area contributed by atoms with Gasteiger partial charge in [-0.25, -0.2) is 8.42 Å². The standard InChI is InChI=1S/C12H18N2O3S/c1-8-5-10(13)6-12(9(8)2)18(16,17)14-4-3-11(15)7-14/h5-6,11,15H,3-4,7,13H2,1-2H3/t11-/m0/s1. The number of hydrogen-bond donors (Lipinski definition) is 2. The van der Waals surface area contributed by atoms with Crippen LogP contribution in [0.2, 0.25) is 0 Å². The molecule has 1 saturated heterocycles. The van der Waals surface area contributed by atoms with Crippen LogP contribution in [-0.2, 0) is 10.0 Å². The Hall–Kier alpha value is -1.11. The van der Waals surface area contributed by atoms with E-state index in [1.807, 2.05) is 6.92 Å². The minimum Gasteiger partial charge on any atom is -0.399 e. The molecule has 0 spiro atoms. The second-order valence-corrected chi connectivity index (χ2v) is 6.67. The molecule has 1 atom stereocenters. The third kappa shape index (κ3) is 2.23. The monoisotopic (exact) mass is 270 g/mol. The predicted molar refractivity (Wildman–Crippen MR) is 69.7 cm³/mol. The van der Waals surface area contributed by atoms with Gasteiger partial charge in [-0.15, -0.1) is 0 Å². The van der Waals surface area contributed by atoms with Crippen molar-refractivity contribution in [2.24, 2.45) is 0 Å². The Morgan fingerprint density at radius 1 is 1.39 bits per heavy atom. The normalized spacial score (nSPS) is 21.4. The summed E-state index contributed by atoms with van der Waals surface area (Å²) in [5.74, 6) is 0. The smallest absolute Gasteiger partial charge is 0.243 e. The Morgan fingerprint density at radius 3 is 2.61 bits per heavy atom. The zero-order chi connectivity index (χ0) is 13.5. The molecule has 1 heterocycles. The van der Waals surface area contributed by atoms with Gasteiger partial charge in [0.1, 0.15) is 0 Å². The fourth-order valence-corrected chi connectivity index (χ4v) is 4.02. The number of benzene rings is 1. The molecule has 6 heteroatoms. The van der Waals surface area contributed by atoms with E-state index in [4.69, 9.17) is 5.73 Å². The Kier molecular flexibility index (Phi) is 3.35. The Balaban J connectivity index is 2.48. The maximum atomic E-state index is 12.5. The van der Waals surface area contributed by atoms with E-state index in [0.717, 1.165) is 5.56 Å². The number of aryl methyl sites for hydroxylation is 1. The van der Waals surface area contributed by atoms with Gasteiger partial charge in [0, 0.05) is 18.8 Å². The number of aliphatic hydroxyl groups is 1. The Bertz CT molecular complexity index is 569. The average molecular weight is 270 g/mol. The van der Waals surface area contributed by atoms with Crippen molar-refractivity contribution < 1.29 is 13.5 Å². The highest BCUT2D eigenvalue weighted by Gasteiger charge is 2.32. The fraction of sp³-hybridized carbons (Fsp3) is 0.500. The average Bonchev–Trinajstić information content (AvgIpc) is 2.70. The molecule has 0 bridgehead atoms. The van der Waals surface area contributed by atoms with Gasteiger partial charge in [-0.3, -0.25) is 0 Å². The van der Waals surface area contributed by atoms with E-state index in [1.54, 1.807) is 13.0 Å². The maximum Gasteiger partial charge on any atom is 0.243 e. The van der Waals surface area contributed by atoms with Crippen molar-refractivity contribution in [3.63, 3.8) is 0 Å². The molecule has 3 N–H and O–H groups in total. The summed E-state index contributed by atoms with van der Waals surface area (Å²) < 4.78 is 26.2. The van der Waals surface area contributed by atoms with Crippen molar-refractivity contribution in [3.05, 3.63) is 23.3 Å². The lowest BCUT2D eigenvalue weighted by Gasteiger charge is -2.18. The molecule has 0 aromatic heterocycles. The highest BCUT2D eigenvalue weighted by molar-refractivity contribution is 7.89. The molecular formula is C12H18N2O3S. The first-order chi connectivity index (χ1) is 8.32. The first-order valence-corrected chi connectivity index (χ1v) is 7.31. The zero-order valence-electron chi connectivity index (χ0n) is 10.5. The molecule has 1 aromatic rings. The van der Waals surface area contributed by atoms with E-state index in [0.29, 0.717) is 24.2 Å². The molecule has 0 saturated carbocycles. The van der Waals surface area contributed by atoms with Gasteiger partial charge >= 0.3 is 0 Å². The van der Waals surface area contributed by atoms with Crippen LogP contribution in [0.1, 0.15) is 17.5 Å². The largest absolute Gasteiger partial charge is 0.399 e. The van der Waals surface area contributed by atoms with Crippen LogP contribution >= 0.6 is 0 Å². The summed E-state index contributed by atoms with van der Waals surface area (Å²) in [7, 11) is -3.55. The third-order valence-corrected chi connectivity index (χ3v) is 5.38. The van der Waals surface area contributed by atoms with E-state index in [-0.39, 0.29) is 11.4 Å². The van der Waals surface area contributed by atoms with Crippen LogP contribution in [-0.4, -0.2) is 37.0 Å². The summed E-state index contributed by atoms with van der Waals surface area (Å²) in [6.45, 7) is 4.13. The van der Waals surface area contributed by atoms with E-state index < -0.39 is 16.1 Å². The summed E-state index contributed by atoms with van der Waals surface area (Å²) in [6.07, 6.45) is -0.0817. The van der Waals surface area contributed by atoms with Crippen LogP contribution in [0.4, 0.5) is 5.69 Å². The van der Waals surface area contributed by atoms with Gasteiger partial charge in [0.05, 0.1) is 11.0 Å². The van der Waals surface area contributed by atoms with Crippen molar-refractivity contribution in [1.29, 1.82) is 0 Å². The van der Waals surface area contributed by atoms with Crippen molar-refractivity contribution in [2.75, 3.05) is 18.8 Å². The topological polar surface area (TPSA) is 83.6 Å². The molecule has 0 radical (unpaired) electrons. The summed E-state index contributed by atoms with van der Waals surface area (Å²) >= 11 is 0. The maximum absolute atomic E-state index is 12.5. The molecule has 0 unspecified atom stereocenters. The van der Waals surface area contributed by atoms with Crippen LogP contribution in [0.3, 0.4) is 0 Å². The molecule has 100 valence electrons. The van der Waals surface area contributed by atoms with Gasteiger partial charge in [-0.05, 0) is 43.5 Å². The number of nitrogen functional groups attached to an aromatic ring is 1. The number of hydrogen-bond acceptors (Lipinski definition) is 4. The number of anilines is 1. The summed E-state index contributed by atoms with van der Waals surface area (Å²) in [5.41, 5.74) is 7.73. The van der Waals surface area contributed by atoms with Crippen molar-refractivity contribution in [2.45, 2.75) is 31.3 Å². The van der Waals surface area contributed by atoms with Crippen LogP contribution in [0.15, 0.2) is 17.0 Å². The quantitative estimate of drug-likeness (QED) is 0.773. The lowest BCUT2D eigenvalue weighted by atomic mass is 10.1. The molecule has 0 aliphatic carbocycles. The van der Waals surface area contributed by atoms with Crippen molar-refractivity contribution in [3.8, 4) is 0 Å². The molecular weight excluding hydrogens is 252 g/mol. The first kappa shape index (κ1) is 13.3. The van der Waals surface area contributed by atoms with Crippen LogP contribution in [0.25, 0.3) is 0 Å². The van der Waals surface area contributed by atoms with E-state index >= 15 is 0 Å². The third-order valence-electron chi connectivity index (χ3n) is 3.39. The van der Waals surface area contributed by atoms with Gasteiger partial charge in [0.15, 0.2) is 0 Å². The molecule has 18 heavy (non-hydrogen) atoms. The van der Waals surface area contributed by atoms with Gasteiger partial charge < -0.3 is 10.8 Å². The van der Waals surface area contributed by atoms with Gasteiger partial charge in [0.2, 0.25) is 10.0 Å². The number of β-amino-alcohol motifs (C(OH)–C–C–N with tert-alkyl or cyclic N) is 1. The van der Waals surface area contributed by atoms with Crippen LogP contribution in [0, 0.1) is 13.8 Å². The van der Waals surface area contributed by atoms with Crippen LogP contribution < -0.4 is 5.73 Å². The molecule has 5 nitrogen and oxygen atoms in total. The van der Waals surface area contributed by atoms with Gasteiger partial charge in [-0.2, -0.15) is 4.31 Å². The summed E-state index contributed by atoms with van der Waals surface area (Å²) in [5, 5.41) is 9.46. The number of rotatable bonds is 2. The minimum atomic E-state index is -3.55. The molecule has 0 amide bonds. The number of nitrogens with zero attached hydrogens (tertiary/aromatic N) is 1. The first-order valence-electron chi connectivity index (χ1n) is 5.87. The fourth-order valence-electron chi connectivity index (χ4n) is 2.19. The number of sulfonamides is 1. The second-order valence-electron chi connectivity index (χ2n) is 4.77. The van der Waals surface area contributed by atoms with Gasteiger partial charge in [0.25, 0.3) is 0 Å². The van der Waals surface area contributed by atoms with Crippen LogP contribution in [0.5, 0.6) is 0 Å². The molecule has 1 fully saturated rings. The molecule has 1 aliphatic rings. The van der Waals surface area contributed by atoms with E-state index in [9.17, 15) is 13.5 Å². The van der Waals surface area contributed by atoms with E-state index in [2.05, 4.69) is 0 Å². The zero-order valence-corrected chi connectivity index (χ0v) is 11.4. The highest BCUT2D eigenvalue weighted by Crippen LogP contribution is 2.27. The SMILES string of the molecule is Cc1cc(N)cc(S(=O)(=O)N2CC[C@H](O)C2)c1C. The molecule has 1 aliphatic heterocycles. The molecule has 2 rings (SSSR count). The predicted octanol–water partition coefficient (Wildman–Crippen LogP) is 0.641. The highest BCUT2D eigenvalue weighted by atomic mass is 32.2. The minimum absolute atomic E-state index is 0.162. The Labute approximate surface area is 107 Å². The lowest BCUT2D eigenvalue weighted by Crippen LogP contribution is -2.30. The number of aliphatic hydroxyl groups excluding tert-OH is 1. The van der Waals surface area contributed by atoms with Gasteiger partial charge in [-0.1, -0.05) is 0 Å². The summed E-state index contributed by atoms with van der Waals surface area (Å²) in [4.78, 5) is 0.245. The summed E-state index contributed by atoms with van der Waals surface area (Å²) in [6, 6.07) is 3.25. The Morgan fingerprint density at radius 2 is 2.06 bits per heavy atom. The van der Waals surface area contributed by atoms with E-state index in [1.165, 1.54) is 10.4 Å². The molecule has 1 aromatic carbocycles. The lowest BCUT2D eigenvalue weighted by molar-refractivity contribution is 0.189. The second kappa shape index (κ2) is 4.53. The number of nitrogens with two attached hydrogens (primary N) is 1. The van der Waals surface area contributed by atoms with Crippen molar-refractivity contribution in [1.82, 2.24) is 4.31 Å². The van der Waals surface area contributed by atoms with Crippen molar-refractivity contribution >= 4 is 15.7 Å².